The van der Waals surface area contributed by atoms with E-state index in [-0.39, 0.29) is 6.42 Å². The van der Waals surface area contributed by atoms with Gasteiger partial charge in [0.25, 0.3) is 0 Å². The average Bonchev–Trinajstić information content (AvgIpc) is 2.45. The summed E-state index contributed by atoms with van der Waals surface area (Å²) in [6, 6.07) is 0. The lowest BCUT2D eigenvalue weighted by molar-refractivity contribution is -0.137. The molecule has 0 aliphatic carbocycles. The standard InChI is InChI=1S/C14H22N4O2/c1-3-12-10-15-11(2)16-14(12)18-8-6-17(7-9-18)5-4-13(19)20/h10H,3-9H2,1-2H3,(H,19,20). The van der Waals surface area contributed by atoms with Gasteiger partial charge in [-0.25, -0.2) is 9.97 Å². The van der Waals surface area contributed by atoms with Gasteiger partial charge >= 0.3 is 5.97 Å². The molecule has 1 aromatic heterocycles. The molecule has 0 spiro atoms. The first-order valence-corrected chi connectivity index (χ1v) is 7.11. The highest BCUT2D eigenvalue weighted by Crippen LogP contribution is 2.19. The van der Waals surface area contributed by atoms with Gasteiger partial charge in [-0.1, -0.05) is 6.92 Å². The molecule has 0 atom stereocenters. The number of carboxylic acid groups (broad SMARTS) is 1. The first-order valence-electron chi connectivity index (χ1n) is 7.11. The number of piperazine rings is 1. The minimum Gasteiger partial charge on any atom is -0.481 e. The van der Waals surface area contributed by atoms with Crippen LogP contribution in [0.1, 0.15) is 24.7 Å². The first kappa shape index (κ1) is 14.7. The van der Waals surface area contributed by atoms with Crippen LogP contribution in [0, 0.1) is 6.92 Å². The van der Waals surface area contributed by atoms with Crippen molar-refractivity contribution >= 4 is 11.8 Å². The largest absolute Gasteiger partial charge is 0.481 e. The molecule has 2 heterocycles. The second-order valence-corrected chi connectivity index (χ2v) is 5.09. The summed E-state index contributed by atoms with van der Waals surface area (Å²) in [7, 11) is 0. The second-order valence-electron chi connectivity index (χ2n) is 5.09. The van der Waals surface area contributed by atoms with Crippen LogP contribution in [0.25, 0.3) is 0 Å². The molecule has 20 heavy (non-hydrogen) atoms. The van der Waals surface area contributed by atoms with E-state index in [1.165, 1.54) is 5.56 Å². The number of aromatic nitrogens is 2. The van der Waals surface area contributed by atoms with E-state index in [2.05, 4.69) is 26.7 Å². The van der Waals surface area contributed by atoms with E-state index in [0.29, 0.717) is 6.54 Å². The number of aryl methyl sites for hydroxylation is 2. The molecular formula is C14H22N4O2. The van der Waals surface area contributed by atoms with E-state index in [1.54, 1.807) is 0 Å². The van der Waals surface area contributed by atoms with Gasteiger partial charge in [-0.2, -0.15) is 0 Å². The zero-order chi connectivity index (χ0) is 14.5. The molecule has 1 aliphatic rings. The van der Waals surface area contributed by atoms with Crippen molar-refractivity contribution in [3.05, 3.63) is 17.6 Å². The Hall–Kier alpha value is -1.69. The normalized spacial score (nSPS) is 16.4. The highest BCUT2D eigenvalue weighted by molar-refractivity contribution is 5.66. The molecule has 1 saturated heterocycles. The molecule has 6 heteroatoms. The molecule has 0 unspecified atom stereocenters. The van der Waals surface area contributed by atoms with Crippen LogP contribution in [-0.4, -0.2) is 58.7 Å². The molecule has 1 fully saturated rings. The fourth-order valence-electron chi connectivity index (χ4n) is 2.44. The lowest BCUT2D eigenvalue weighted by Crippen LogP contribution is -2.47. The quantitative estimate of drug-likeness (QED) is 0.864. The fraction of sp³-hybridized carbons (Fsp3) is 0.643. The summed E-state index contributed by atoms with van der Waals surface area (Å²) in [6.07, 6.45) is 3.05. The minimum atomic E-state index is -0.730. The van der Waals surface area contributed by atoms with Crippen LogP contribution in [0.5, 0.6) is 0 Å². The lowest BCUT2D eigenvalue weighted by Gasteiger charge is -2.36. The summed E-state index contributed by atoms with van der Waals surface area (Å²) >= 11 is 0. The van der Waals surface area contributed by atoms with Crippen molar-refractivity contribution in [1.29, 1.82) is 0 Å². The zero-order valence-electron chi connectivity index (χ0n) is 12.2. The van der Waals surface area contributed by atoms with Crippen molar-refractivity contribution in [3.8, 4) is 0 Å². The molecule has 0 saturated carbocycles. The summed E-state index contributed by atoms with van der Waals surface area (Å²) in [5.74, 6) is 1.11. The van der Waals surface area contributed by atoms with Crippen molar-refractivity contribution in [2.45, 2.75) is 26.7 Å². The molecule has 1 aromatic rings. The maximum absolute atomic E-state index is 10.6. The summed E-state index contributed by atoms with van der Waals surface area (Å²) < 4.78 is 0. The maximum atomic E-state index is 10.6. The highest BCUT2D eigenvalue weighted by Gasteiger charge is 2.20. The van der Waals surface area contributed by atoms with Crippen molar-refractivity contribution in [2.75, 3.05) is 37.6 Å². The van der Waals surface area contributed by atoms with Crippen LogP contribution < -0.4 is 4.90 Å². The van der Waals surface area contributed by atoms with Crippen molar-refractivity contribution in [2.24, 2.45) is 0 Å². The summed E-state index contributed by atoms with van der Waals surface area (Å²) in [5.41, 5.74) is 1.18. The number of nitrogens with zero attached hydrogens (tertiary/aromatic N) is 4. The minimum absolute atomic E-state index is 0.215. The van der Waals surface area contributed by atoms with E-state index in [1.807, 2.05) is 13.1 Å². The molecule has 0 radical (unpaired) electrons. The molecule has 1 aliphatic heterocycles. The Labute approximate surface area is 119 Å². The van der Waals surface area contributed by atoms with E-state index < -0.39 is 5.97 Å². The number of carboxylic acids is 1. The third-order valence-corrected chi connectivity index (χ3v) is 3.66. The van der Waals surface area contributed by atoms with Gasteiger partial charge in [-0.15, -0.1) is 0 Å². The Balaban J connectivity index is 1.96. The van der Waals surface area contributed by atoms with E-state index in [0.717, 1.165) is 44.2 Å². The Morgan fingerprint density at radius 2 is 2.05 bits per heavy atom. The van der Waals surface area contributed by atoms with Gasteiger partial charge in [0.1, 0.15) is 11.6 Å². The Bertz CT molecular complexity index is 470. The van der Waals surface area contributed by atoms with E-state index >= 15 is 0 Å². The van der Waals surface area contributed by atoms with Gasteiger partial charge in [0, 0.05) is 44.5 Å². The van der Waals surface area contributed by atoms with Gasteiger partial charge in [-0.3, -0.25) is 9.69 Å². The van der Waals surface area contributed by atoms with Crippen molar-refractivity contribution in [1.82, 2.24) is 14.9 Å². The Kier molecular flexibility index (Phi) is 4.89. The SMILES string of the molecule is CCc1cnc(C)nc1N1CCN(CCC(=O)O)CC1. The topological polar surface area (TPSA) is 69.6 Å². The van der Waals surface area contributed by atoms with Gasteiger partial charge in [0.15, 0.2) is 0 Å². The summed E-state index contributed by atoms with van der Waals surface area (Å²) in [4.78, 5) is 23.9. The molecule has 2 rings (SSSR count). The number of carbonyl (C=O) groups is 1. The smallest absolute Gasteiger partial charge is 0.304 e. The van der Waals surface area contributed by atoms with Crippen molar-refractivity contribution in [3.63, 3.8) is 0 Å². The van der Waals surface area contributed by atoms with Crippen molar-refractivity contribution < 1.29 is 9.90 Å². The molecule has 1 N–H and O–H groups in total. The average molecular weight is 278 g/mol. The van der Waals surface area contributed by atoms with Crippen LogP contribution >= 0.6 is 0 Å². The monoisotopic (exact) mass is 278 g/mol. The molecule has 6 nitrogen and oxygen atoms in total. The highest BCUT2D eigenvalue weighted by atomic mass is 16.4. The van der Waals surface area contributed by atoms with Crippen LogP contribution in [-0.2, 0) is 11.2 Å². The molecule has 0 aromatic carbocycles. The van der Waals surface area contributed by atoms with E-state index in [9.17, 15) is 4.79 Å². The first-order chi connectivity index (χ1) is 9.60. The Morgan fingerprint density at radius 1 is 1.35 bits per heavy atom. The van der Waals surface area contributed by atoms with Gasteiger partial charge in [0.05, 0.1) is 6.42 Å². The number of hydrogen-bond donors (Lipinski definition) is 1. The lowest BCUT2D eigenvalue weighted by atomic mass is 10.2. The number of anilines is 1. The maximum Gasteiger partial charge on any atom is 0.304 e. The van der Waals surface area contributed by atoms with Gasteiger partial charge in [0.2, 0.25) is 0 Å². The second kappa shape index (κ2) is 6.65. The third-order valence-electron chi connectivity index (χ3n) is 3.66. The molecular weight excluding hydrogens is 256 g/mol. The third kappa shape index (κ3) is 3.66. The van der Waals surface area contributed by atoms with Crippen LogP contribution in [0.4, 0.5) is 5.82 Å². The number of aliphatic carboxylic acids is 1. The fourth-order valence-corrected chi connectivity index (χ4v) is 2.44. The zero-order valence-corrected chi connectivity index (χ0v) is 12.2. The number of hydrogen-bond acceptors (Lipinski definition) is 5. The molecule has 0 amide bonds. The van der Waals surface area contributed by atoms with Gasteiger partial charge < -0.3 is 10.0 Å². The Morgan fingerprint density at radius 3 is 2.65 bits per heavy atom. The van der Waals surface area contributed by atoms with E-state index in [4.69, 9.17) is 5.11 Å². The predicted molar refractivity (Wildman–Crippen MR) is 77.1 cm³/mol. The van der Waals surface area contributed by atoms with Crippen LogP contribution in [0.3, 0.4) is 0 Å². The number of rotatable bonds is 5. The molecule has 110 valence electrons. The van der Waals surface area contributed by atoms with Crippen LogP contribution in [0.15, 0.2) is 6.20 Å². The van der Waals surface area contributed by atoms with Crippen LogP contribution in [0.2, 0.25) is 0 Å². The summed E-state index contributed by atoms with van der Waals surface area (Å²) in [6.45, 7) is 8.21. The molecule has 0 bridgehead atoms. The van der Waals surface area contributed by atoms with Gasteiger partial charge in [-0.05, 0) is 13.3 Å². The predicted octanol–water partition coefficient (Wildman–Crippen LogP) is 0.944. The summed E-state index contributed by atoms with van der Waals surface area (Å²) in [5, 5.41) is 8.72.